The van der Waals surface area contributed by atoms with E-state index < -0.39 is 6.10 Å². The predicted molar refractivity (Wildman–Crippen MR) is 68.7 cm³/mol. The van der Waals surface area contributed by atoms with Crippen LogP contribution in [0.1, 0.15) is 30.9 Å². The molecule has 3 heteroatoms. The van der Waals surface area contributed by atoms with Crippen molar-refractivity contribution in [2.24, 2.45) is 0 Å². The smallest absolute Gasteiger partial charge is 0.100 e. The zero-order valence-corrected chi connectivity index (χ0v) is 11.4. The van der Waals surface area contributed by atoms with E-state index in [1.54, 1.807) is 0 Å². The molecule has 0 bridgehead atoms. The van der Waals surface area contributed by atoms with Gasteiger partial charge in [-0.25, -0.2) is 0 Å². The van der Waals surface area contributed by atoms with Gasteiger partial charge in [0.2, 0.25) is 0 Å². The van der Waals surface area contributed by atoms with Crippen LogP contribution in [-0.2, 0) is 0 Å². The van der Waals surface area contributed by atoms with E-state index in [-0.39, 0.29) is 0 Å². The van der Waals surface area contributed by atoms with Crippen molar-refractivity contribution in [3.8, 4) is 0 Å². The molecule has 2 rings (SSSR count). The molecule has 0 spiro atoms. The number of allylic oxidation sites excluding steroid dienone is 1. The summed E-state index contributed by atoms with van der Waals surface area (Å²) in [5.74, 6) is 0. The third-order valence-electron chi connectivity index (χ3n) is 2.63. The van der Waals surface area contributed by atoms with Gasteiger partial charge in [0.15, 0.2) is 0 Å². The number of aliphatic hydroxyl groups is 1. The average Bonchev–Trinajstić information content (AvgIpc) is 2.67. The van der Waals surface area contributed by atoms with Crippen LogP contribution in [0.2, 0.25) is 0 Å². The standard InChI is InChI=1S/C12H12Br2O/c13-10-5-9(6-11(14)7-10)12(15)8-3-1-2-4-8/h3,5-7,12,15H,1-2,4H2. The molecule has 0 amide bonds. The van der Waals surface area contributed by atoms with Crippen molar-refractivity contribution < 1.29 is 5.11 Å². The first-order valence-corrected chi connectivity index (χ1v) is 6.58. The Hall–Kier alpha value is -0.120. The number of benzene rings is 1. The summed E-state index contributed by atoms with van der Waals surface area (Å²) in [6.07, 6.45) is 5.00. The molecule has 0 heterocycles. The summed E-state index contributed by atoms with van der Waals surface area (Å²) in [6.45, 7) is 0. The molecule has 1 aromatic rings. The second kappa shape index (κ2) is 4.81. The Kier molecular flexibility index (Phi) is 3.65. The van der Waals surface area contributed by atoms with Gasteiger partial charge in [-0.2, -0.15) is 0 Å². The second-order valence-electron chi connectivity index (χ2n) is 3.78. The van der Waals surface area contributed by atoms with Gasteiger partial charge in [0.1, 0.15) is 6.10 Å². The summed E-state index contributed by atoms with van der Waals surface area (Å²) < 4.78 is 1.98. The van der Waals surface area contributed by atoms with Crippen molar-refractivity contribution in [1.29, 1.82) is 0 Å². The molecule has 0 fully saturated rings. The minimum absolute atomic E-state index is 0.443. The largest absolute Gasteiger partial charge is 0.384 e. The minimum atomic E-state index is -0.443. The minimum Gasteiger partial charge on any atom is -0.384 e. The molecule has 1 aliphatic carbocycles. The normalized spacial score (nSPS) is 17.7. The van der Waals surface area contributed by atoms with Gasteiger partial charge in [0.05, 0.1) is 0 Å². The Morgan fingerprint density at radius 2 is 1.80 bits per heavy atom. The maximum absolute atomic E-state index is 10.2. The summed E-state index contributed by atoms with van der Waals surface area (Å²) in [4.78, 5) is 0. The molecule has 0 saturated carbocycles. The van der Waals surface area contributed by atoms with Crippen LogP contribution < -0.4 is 0 Å². The molecule has 1 atom stereocenters. The van der Waals surface area contributed by atoms with Crippen LogP contribution in [0.4, 0.5) is 0 Å². The highest BCUT2D eigenvalue weighted by Crippen LogP contribution is 2.33. The fraction of sp³-hybridized carbons (Fsp3) is 0.333. The van der Waals surface area contributed by atoms with E-state index in [1.807, 2.05) is 18.2 Å². The molecular formula is C12H12Br2O. The fourth-order valence-electron chi connectivity index (χ4n) is 1.89. The number of hydrogen-bond donors (Lipinski definition) is 1. The van der Waals surface area contributed by atoms with Crippen molar-refractivity contribution in [3.05, 3.63) is 44.4 Å². The van der Waals surface area contributed by atoms with Crippen molar-refractivity contribution in [1.82, 2.24) is 0 Å². The summed E-state index contributed by atoms with van der Waals surface area (Å²) in [5.41, 5.74) is 2.10. The maximum atomic E-state index is 10.2. The molecule has 0 radical (unpaired) electrons. The van der Waals surface area contributed by atoms with E-state index in [1.165, 1.54) is 6.42 Å². The fourth-order valence-corrected chi connectivity index (χ4v) is 3.22. The predicted octanol–water partition coefficient (Wildman–Crippen LogP) is 4.36. The molecule has 1 aromatic carbocycles. The lowest BCUT2D eigenvalue weighted by Crippen LogP contribution is -1.99. The monoisotopic (exact) mass is 330 g/mol. The molecule has 1 aliphatic rings. The SMILES string of the molecule is OC(C1=CCCC1)c1cc(Br)cc(Br)c1. The van der Waals surface area contributed by atoms with Crippen molar-refractivity contribution in [2.45, 2.75) is 25.4 Å². The van der Waals surface area contributed by atoms with Gasteiger partial charge in [0.25, 0.3) is 0 Å². The zero-order chi connectivity index (χ0) is 10.8. The summed E-state index contributed by atoms with van der Waals surface area (Å²) in [7, 11) is 0. The highest BCUT2D eigenvalue weighted by molar-refractivity contribution is 9.11. The Balaban J connectivity index is 2.28. The second-order valence-corrected chi connectivity index (χ2v) is 5.61. The summed E-state index contributed by atoms with van der Waals surface area (Å²) >= 11 is 6.86. The van der Waals surface area contributed by atoms with Crippen molar-refractivity contribution >= 4 is 31.9 Å². The van der Waals surface area contributed by atoms with Crippen LogP contribution in [-0.4, -0.2) is 5.11 Å². The summed E-state index contributed by atoms with van der Waals surface area (Å²) in [6, 6.07) is 5.91. The third-order valence-corrected chi connectivity index (χ3v) is 3.54. The highest BCUT2D eigenvalue weighted by atomic mass is 79.9. The molecule has 0 aliphatic heterocycles. The number of halogens is 2. The van der Waals surface area contributed by atoms with Gasteiger partial charge in [-0.3, -0.25) is 0 Å². The van der Waals surface area contributed by atoms with E-state index in [9.17, 15) is 5.11 Å². The van der Waals surface area contributed by atoms with E-state index >= 15 is 0 Å². The molecule has 0 aromatic heterocycles. The zero-order valence-electron chi connectivity index (χ0n) is 8.21. The summed E-state index contributed by atoms with van der Waals surface area (Å²) in [5, 5.41) is 10.2. The van der Waals surface area contributed by atoms with Crippen LogP contribution in [0.15, 0.2) is 38.8 Å². The Morgan fingerprint density at radius 1 is 1.13 bits per heavy atom. The number of hydrogen-bond acceptors (Lipinski definition) is 1. The van der Waals surface area contributed by atoms with Gasteiger partial charge in [-0.15, -0.1) is 0 Å². The number of aliphatic hydroxyl groups excluding tert-OH is 1. The first-order valence-electron chi connectivity index (χ1n) is 5.00. The molecule has 0 saturated heterocycles. The lowest BCUT2D eigenvalue weighted by Gasteiger charge is -2.13. The average molecular weight is 332 g/mol. The van der Waals surface area contributed by atoms with E-state index in [2.05, 4.69) is 37.9 Å². The van der Waals surface area contributed by atoms with Gasteiger partial charge < -0.3 is 5.11 Å². The van der Waals surface area contributed by atoms with Crippen LogP contribution in [0.5, 0.6) is 0 Å². The van der Waals surface area contributed by atoms with Crippen molar-refractivity contribution in [2.75, 3.05) is 0 Å². The third kappa shape index (κ3) is 2.71. The molecule has 15 heavy (non-hydrogen) atoms. The Labute approximate surface area is 106 Å². The molecule has 1 N–H and O–H groups in total. The van der Waals surface area contributed by atoms with Crippen LogP contribution >= 0.6 is 31.9 Å². The lowest BCUT2D eigenvalue weighted by molar-refractivity contribution is 0.212. The van der Waals surface area contributed by atoms with Crippen LogP contribution in [0.3, 0.4) is 0 Å². The topological polar surface area (TPSA) is 20.2 Å². The lowest BCUT2D eigenvalue weighted by atomic mass is 10.0. The van der Waals surface area contributed by atoms with Crippen LogP contribution in [0, 0.1) is 0 Å². The van der Waals surface area contributed by atoms with E-state index in [0.29, 0.717) is 0 Å². The molecule has 1 unspecified atom stereocenters. The first-order chi connectivity index (χ1) is 7.16. The van der Waals surface area contributed by atoms with Gasteiger partial charge in [0, 0.05) is 8.95 Å². The van der Waals surface area contributed by atoms with Crippen LogP contribution in [0.25, 0.3) is 0 Å². The molecule has 80 valence electrons. The van der Waals surface area contributed by atoms with Crippen molar-refractivity contribution in [3.63, 3.8) is 0 Å². The first kappa shape index (κ1) is 11.4. The Bertz CT molecular complexity index is 378. The van der Waals surface area contributed by atoms with Gasteiger partial charge in [-0.05, 0) is 48.6 Å². The maximum Gasteiger partial charge on any atom is 0.100 e. The van der Waals surface area contributed by atoms with Gasteiger partial charge in [-0.1, -0.05) is 37.9 Å². The van der Waals surface area contributed by atoms with E-state index in [4.69, 9.17) is 0 Å². The molecular weight excluding hydrogens is 320 g/mol. The molecule has 1 nitrogen and oxygen atoms in total. The van der Waals surface area contributed by atoms with Gasteiger partial charge >= 0.3 is 0 Å². The Morgan fingerprint density at radius 3 is 2.33 bits per heavy atom. The highest BCUT2D eigenvalue weighted by Gasteiger charge is 2.16. The van der Waals surface area contributed by atoms with E-state index in [0.717, 1.165) is 32.9 Å². The number of rotatable bonds is 2. The quantitative estimate of drug-likeness (QED) is 0.798.